The number of nitrogens with two attached hydrogens (primary N) is 1. The van der Waals surface area contributed by atoms with Gasteiger partial charge in [0.25, 0.3) is 0 Å². The fourth-order valence-electron chi connectivity index (χ4n) is 2.22. The van der Waals surface area contributed by atoms with Gasteiger partial charge in [-0.3, -0.25) is 0 Å². The second kappa shape index (κ2) is 5.81. The molecule has 0 spiro atoms. The summed E-state index contributed by atoms with van der Waals surface area (Å²) in [6.07, 6.45) is 2.00. The number of urea groups is 1. The van der Waals surface area contributed by atoms with Crippen molar-refractivity contribution < 1.29 is 14.7 Å². The fourth-order valence-corrected chi connectivity index (χ4v) is 2.22. The molecule has 1 heterocycles. The van der Waals surface area contributed by atoms with Crippen molar-refractivity contribution in [3.8, 4) is 0 Å². The van der Waals surface area contributed by atoms with Crippen LogP contribution in [0.1, 0.15) is 30.1 Å². The lowest BCUT2D eigenvalue weighted by atomic mass is 10.00. The number of amides is 2. The summed E-state index contributed by atoms with van der Waals surface area (Å²) < 4.78 is 0. The minimum Gasteiger partial charge on any atom is -0.478 e. The van der Waals surface area contributed by atoms with E-state index in [1.165, 1.54) is 18.2 Å². The second-order valence-electron chi connectivity index (χ2n) is 5.21. The lowest BCUT2D eigenvalue weighted by Crippen LogP contribution is -2.40. The quantitative estimate of drug-likeness (QED) is 0.722. The predicted octanol–water partition coefficient (Wildman–Crippen LogP) is 2.23. The predicted molar refractivity (Wildman–Crippen MR) is 76.8 cm³/mol. The largest absolute Gasteiger partial charge is 0.478 e. The second-order valence-corrected chi connectivity index (χ2v) is 5.21. The maximum Gasteiger partial charge on any atom is 0.335 e. The molecule has 0 saturated carbocycles. The maximum absolute atomic E-state index is 12.1. The topological polar surface area (TPSA) is 95.7 Å². The van der Waals surface area contributed by atoms with E-state index in [1.54, 1.807) is 4.90 Å². The molecule has 0 aliphatic carbocycles. The lowest BCUT2D eigenvalue weighted by molar-refractivity contribution is 0.0697. The van der Waals surface area contributed by atoms with Crippen LogP contribution in [0.4, 0.5) is 16.2 Å². The van der Waals surface area contributed by atoms with E-state index in [0.29, 0.717) is 11.6 Å². The summed E-state index contributed by atoms with van der Waals surface area (Å²) in [4.78, 5) is 24.7. The number of nitrogens with zero attached hydrogens (tertiary/aromatic N) is 1. The Morgan fingerprint density at radius 1 is 1.35 bits per heavy atom. The SMILES string of the molecule is CC1CCN(C(=O)Nc2ccc(C(=O)O)cc2N)CC1. The van der Waals surface area contributed by atoms with Crippen LogP contribution < -0.4 is 11.1 Å². The third-order valence-corrected chi connectivity index (χ3v) is 3.61. The van der Waals surface area contributed by atoms with Gasteiger partial charge in [0, 0.05) is 13.1 Å². The molecule has 108 valence electrons. The van der Waals surface area contributed by atoms with Gasteiger partial charge in [-0.25, -0.2) is 9.59 Å². The Balaban J connectivity index is 2.02. The number of carbonyl (C=O) groups excluding carboxylic acids is 1. The Kier molecular flexibility index (Phi) is 4.12. The number of carbonyl (C=O) groups is 2. The Morgan fingerprint density at radius 2 is 2.00 bits per heavy atom. The molecule has 20 heavy (non-hydrogen) atoms. The molecule has 0 bridgehead atoms. The first kappa shape index (κ1) is 14.2. The first-order valence-electron chi connectivity index (χ1n) is 6.66. The van der Waals surface area contributed by atoms with Crippen molar-refractivity contribution in [3.05, 3.63) is 23.8 Å². The highest BCUT2D eigenvalue weighted by molar-refractivity contribution is 5.95. The van der Waals surface area contributed by atoms with Gasteiger partial charge in [-0.05, 0) is 37.0 Å². The zero-order valence-corrected chi connectivity index (χ0v) is 11.4. The molecule has 6 heteroatoms. The van der Waals surface area contributed by atoms with Gasteiger partial charge < -0.3 is 21.1 Å². The third-order valence-electron chi connectivity index (χ3n) is 3.61. The third kappa shape index (κ3) is 3.20. The molecule has 0 atom stereocenters. The number of nitrogen functional groups attached to an aromatic ring is 1. The summed E-state index contributed by atoms with van der Waals surface area (Å²) in [6, 6.07) is 4.10. The van der Waals surface area contributed by atoms with Crippen molar-refractivity contribution in [2.24, 2.45) is 5.92 Å². The smallest absolute Gasteiger partial charge is 0.335 e. The molecular weight excluding hydrogens is 258 g/mol. The van der Waals surface area contributed by atoms with Crippen LogP contribution in [0.3, 0.4) is 0 Å². The zero-order chi connectivity index (χ0) is 14.7. The first-order valence-corrected chi connectivity index (χ1v) is 6.66. The zero-order valence-electron chi connectivity index (χ0n) is 11.4. The van der Waals surface area contributed by atoms with E-state index in [4.69, 9.17) is 10.8 Å². The summed E-state index contributed by atoms with van der Waals surface area (Å²) in [5.74, 6) is -0.390. The van der Waals surface area contributed by atoms with Crippen LogP contribution in [0.5, 0.6) is 0 Å². The summed E-state index contributed by atoms with van der Waals surface area (Å²) in [7, 11) is 0. The Morgan fingerprint density at radius 3 is 2.55 bits per heavy atom. The molecule has 1 aromatic rings. The molecule has 1 saturated heterocycles. The van der Waals surface area contributed by atoms with Crippen LogP contribution in [0.15, 0.2) is 18.2 Å². The number of carboxylic acid groups (broad SMARTS) is 1. The molecule has 2 amide bonds. The van der Waals surface area contributed by atoms with Crippen LogP contribution >= 0.6 is 0 Å². The number of rotatable bonds is 2. The fraction of sp³-hybridized carbons (Fsp3) is 0.429. The highest BCUT2D eigenvalue weighted by Gasteiger charge is 2.20. The summed E-state index contributed by atoms with van der Waals surface area (Å²) in [5, 5.41) is 11.6. The summed E-state index contributed by atoms with van der Waals surface area (Å²) >= 11 is 0. The lowest BCUT2D eigenvalue weighted by Gasteiger charge is -2.30. The van der Waals surface area contributed by atoms with E-state index < -0.39 is 5.97 Å². The van der Waals surface area contributed by atoms with Crippen LogP contribution in [0.25, 0.3) is 0 Å². The number of aromatic carboxylic acids is 1. The number of carboxylic acids is 1. The van der Waals surface area contributed by atoms with Gasteiger partial charge >= 0.3 is 12.0 Å². The van der Waals surface area contributed by atoms with Gasteiger partial charge in [-0.2, -0.15) is 0 Å². The molecule has 1 fully saturated rings. The number of likely N-dealkylation sites (tertiary alicyclic amines) is 1. The Labute approximate surface area is 117 Å². The van der Waals surface area contributed by atoms with E-state index in [-0.39, 0.29) is 17.3 Å². The Hall–Kier alpha value is -2.24. The summed E-state index contributed by atoms with van der Waals surface area (Å²) in [5.41, 5.74) is 6.56. The molecule has 6 nitrogen and oxygen atoms in total. The van der Waals surface area contributed by atoms with E-state index in [0.717, 1.165) is 25.9 Å². The van der Waals surface area contributed by atoms with Crippen molar-refractivity contribution in [2.75, 3.05) is 24.1 Å². The van der Waals surface area contributed by atoms with Crippen molar-refractivity contribution in [2.45, 2.75) is 19.8 Å². The molecule has 4 N–H and O–H groups in total. The minimum absolute atomic E-state index is 0.104. The number of nitrogens with one attached hydrogen (secondary N) is 1. The summed E-state index contributed by atoms with van der Waals surface area (Å²) in [6.45, 7) is 3.65. The molecule has 1 aliphatic rings. The van der Waals surface area contributed by atoms with Crippen molar-refractivity contribution in [1.82, 2.24) is 4.90 Å². The number of hydrogen-bond donors (Lipinski definition) is 3. The van der Waals surface area contributed by atoms with Crippen molar-refractivity contribution in [3.63, 3.8) is 0 Å². The van der Waals surface area contributed by atoms with E-state index in [9.17, 15) is 9.59 Å². The molecule has 1 aromatic carbocycles. The highest BCUT2D eigenvalue weighted by Crippen LogP contribution is 2.22. The van der Waals surface area contributed by atoms with E-state index >= 15 is 0 Å². The van der Waals surface area contributed by atoms with Crippen LogP contribution in [0.2, 0.25) is 0 Å². The monoisotopic (exact) mass is 277 g/mol. The highest BCUT2D eigenvalue weighted by atomic mass is 16.4. The molecular formula is C14H19N3O3. The van der Waals surface area contributed by atoms with Crippen molar-refractivity contribution >= 4 is 23.4 Å². The average Bonchev–Trinajstić information content (AvgIpc) is 2.41. The van der Waals surface area contributed by atoms with Gasteiger partial charge in [0.15, 0.2) is 0 Å². The first-order chi connectivity index (χ1) is 9.47. The minimum atomic E-state index is -1.04. The van der Waals surface area contributed by atoms with E-state index in [2.05, 4.69) is 12.2 Å². The van der Waals surface area contributed by atoms with Crippen LogP contribution in [-0.2, 0) is 0 Å². The number of anilines is 2. The number of piperidine rings is 1. The van der Waals surface area contributed by atoms with E-state index in [1.807, 2.05) is 0 Å². The van der Waals surface area contributed by atoms with Gasteiger partial charge in [-0.1, -0.05) is 6.92 Å². The number of benzene rings is 1. The molecule has 0 radical (unpaired) electrons. The average molecular weight is 277 g/mol. The Bertz CT molecular complexity index is 522. The molecule has 0 unspecified atom stereocenters. The van der Waals surface area contributed by atoms with Gasteiger partial charge in [0.05, 0.1) is 16.9 Å². The molecule has 1 aliphatic heterocycles. The van der Waals surface area contributed by atoms with Crippen LogP contribution in [0, 0.1) is 5.92 Å². The van der Waals surface area contributed by atoms with Crippen molar-refractivity contribution in [1.29, 1.82) is 0 Å². The maximum atomic E-state index is 12.1. The standard InChI is InChI=1S/C14H19N3O3/c1-9-4-6-17(7-5-9)14(20)16-12-3-2-10(13(18)19)8-11(12)15/h2-3,8-9H,4-7,15H2,1H3,(H,16,20)(H,18,19). The van der Waals surface area contributed by atoms with Crippen LogP contribution in [-0.4, -0.2) is 35.1 Å². The van der Waals surface area contributed by atoms with Gasteiger partial charge in [-0.15, -0.1) is 0 Å². The molecule has 0 aromatic heterocycles. The molecule has 2 rings (SSSR count). The van der Waals surface area contributed by atoms with Gasteiger partial charge in [0.2, 0.25) is 0 Å². The normalized spacial score (nSPS) is 15.9. The van der Waals surface area contributed by atoms with Gasteiger partial charge in [0.1, 0.15) is 0 Å². The number of hydrogen-bond acceptors (Lipinski definition) is 3.